The summed E-state index contributed by atoms with van der Waals surface area (Å²) in [6.45, 7) is 4.71. The minimum Gasteiger partial charge on any atom is -0.490 e. The van der Waals surface area contributed by atoms with Crippen molar-refractivity contribution in [1.82, 2.24) is 4.90 Å². The number of likely N-dealkylation sites (tertiary alicyclic amines) is 1. The Morgan fingerprint density at radius 2 is 1.88 bits per heavy atom. The van der Waals surface area contributed by atoms with Gasteiger partial charge in [0.25, 0.3) is 0 Å². The maximum Gasteiger partial charge on any atom is 0.416 e. The van der Waals surface area contributed by atoms with Crippen molar-refractivity contribution in [2.24, 2.45) is 0 Å². The minimum atomic E-state index is -4.46. The highest BCUT2D eigenvalue weighted by molar-refractivity contribution is 5.68. The van der Waals surface area contributed by atoms with E-state index >= 15 is 0 Å². The zero-order valence-corrected chi connectivity index (χ0v) is 18.2. The van der Waals surface area contributed by atoms with E-state index in [1.807, 2.05) is 44.2 Å². The number of ether oxygens (including phenoxy) is 3. The molecule has 2 atom stereocenters. The molecule has 1 heterocycles. The van der Waals surface area contributed by atoms with Gasteiger partial charge in [0.15, 0.2) is 11.5 Å². The van der Waals surface area contributed by atoms with Crippen LogP contribution in [0.15, 0.2) is 48.5 Å². The Morgan fingerprint density at radius 1 is 1.12 bits per heavy atom. The van der Waals surface area contributed by atoms with E-state index in [0.29, 0.717) is 32.4 Å². The number of piperidine rings is 1. The summed E-state index contributed by atoms with van der Waals surface area (Å²) in [6, 6.07) is 12.6. The molecule has 2 aromatic carbocycles. The Kier molecular flexibility index (Phi) is 7.88. The van der Waals surface area contributed by atoms with Gasteiger partial charge < -0.3 is 19.1 Å². The van der Waals surface area contributed by atoms with E-state index in [2.05, 4.69) is 0 Å². The van der Waals surface area contributed by atoms with E-state index in [1.165, 1.54) is 6.07 Å². The lowest BCUT2D eigenvalue weighted by Gasteiger charge is -2.37. The summed E-state index contributed by atoms with van der Waals surface area (Å²) in [5, 5.41) is 0. The molecule has 2 aromatic rings. The van der Waals surface area contributed by atoms with E-state index in [0.717, 1.165) is 17.7 Å². The highest BCUT2D eigenvalue weighted by Crippen LogP contribution is 2.37. The van der Waals surface area contributed by atoms with Crippen molar-refractivity contribution in [2.45, 2.75) is 58.0 Å². The number of nitrogens with zero attached hydrogens (tertiary/aromatic N) is 1. The molecule has 0 aliphatic carbocycles. The number of alkyl halides is 3. The fourth-order valence-corrected chi connectivity index (χ4v) is 3.60. The Hall–Kier alpha value is -2.90. The van der Waals surface area contributed by atoms with Crippen molar-refractivity contribution in [3.05, 3.63) is 59.7 Å². The third-order valence-electron chi connectivity index (χ3n) is 5.29. The zero-order valence-electron chi connectivity index (χ0n) is 18.2. The van der Waals surface area contributed by atoms with E-state index in [1.54, 1.807) is 4.90 Å². The third-order valence-corrected chi connectivity index (χ3v) is 5.29. The van der Waals surface area contributed by atoms with Gasteiger partial charge in [-0.3, -0.25) is 0 Å². The highest BCUT2D eigenvalue weighted by Gasteiger charge is 2.33. The van der Waals surface area contributed by atoms with Crippen LogP contribution in [0.4, 0.5) is 18.0 Å². The molecule has 1 saturated heterocycles. The van der Waals surface area contributed by atoms with Crippen molar-refractivity contribution in [2.75, 3.05) is 13.2 Å². The lowest BCUT2D eigenvalue weighted by Crippen LogP contribution is -2.47. The first-order chi connectivity index (χ1) is 15.3. The lowest BCUT2D eigenvalue weighted by atomic mass is 10.0. The van der Waals surface area contributed by atoms with Crippen LogP contribution < -0.4 is 9.47 Å². The van der Waals surface area contributed by atoms with E-state index in [9.17, 15) is 18.0 Å². The van der Waals surface area contributed by atoms with E-state index in [4.69, 9.17) is 14.2 Å². The second-order valence-corrected chi connectivity index (χ2v) is 7.85. The zero-order chi connectivity index (χ0) is 23.1. The van der Waals surface area contributed by atoms with Crippen molar-refractivity contribution in [3.63, 3.8) is 0 Å². The van der Waals surface area contributed by atoms with Gasteiger partial charge in [0.2, 0.25) is 0 Å². The monoisotopic (exact) mass is 451 g/mol. The summed E-state index contributed by atoms with van der Waals surface area (Å²) in [5.41, 5.74) is 0.133. The molecule has 0 N–H and O–H groups in total. The van der Waals surface area contributed by atoms with Crippen molar-refractivity contribution in [3.8, 4) is 11.5 Å². The average molecular weight is 451 g/mol. The molecule has 1 aliphatic rings. The molecule has 32 heavy (non-hydrogen) atoms. The predicted molar refractivity (Wildman–Crippen MR) is 114 cm³/mol. The fraction of sp³-hybridized carbons (Fsp3) is 0.458. The first kappa shape index (κ1) is 23.8. The third kappa shape index (κ3) is 6.31. The number of benzene rings is 2. The molecule has 1 fully saturated rings. The van der Waals surface area contributed by atoms with Crippen molar-refractivity contribution in [1.29, 1.82) is 0 Å². The normalized spacial score (nSPS) is 18.8. The number of carbonyl (C=O) groups is 1. The molecule has 174 valence electrons. The average Bonchev–Trinajstić information content (AvgIpc) is 2.77. The molecule has 1 aliphatic heterocycles. The van der Waals surface area contributed by atoms with Crippen LogP contribution in [-0.2, 0) is 17.5 Å². The minimum absolute atomic E-state index is 0.0824. The molecule has 5 nitrogen and oxygen atoms in total. The molecule has 3 rings (SSSR count). The molecular formula is C24H28F3NO4. The first-order valence-electron chi connectivity index (χ1n) is 10.8. The van der Waals surface area contributed by atoms with Gasteiger partial charge in [0, 0.05) is 25.4 Å². The van der Waals surface area contributed by atoms with Gasteiger partial charge in [-0.1, -0.05) is 37.3 Å². The number of halogens is 3. The Morgan fingerprint density at radius 3 is 2.53 bits per heavy atom. The predicted octanol–water partition coefficient (Wildman–Crippen LogP) is 6.06. The van der Waals surface area contributed by atoms with Crippen molar-refractivity contribution < 1.29 is 32.2 Å². The number of amides is 1. The van der Waals surface area contributed by atoms with Crippen LogP contribution in [0.2, 0.25) is 0 Å². The van der Waals surface area contributed by atoms with Gasteiger partial charge in [-0.2, -0.15) is 13.2 Å². The summed E-state index contributed by atoms with van der Waals surface area (Å²) in [6.07, 6.45) is -3.35. The Balaban J connectivity index is 1.59. The second-order valence-electron chi connectivity index (χ2n) is 7.85. The Bertz CT molecular complexity index is 889. The highest BCUT2D eigenvalue weighted by atomic mass is 19.4. The summed E-state index contributed by atoms with van der Waals surface area (Å²) in [5.74, 6) is 0.364. The molecule has 1 amide bonds. The van der Waals surface area contributed by atoms with Crippen LogP contribution in [0.5, 0.6) is 11.5 Å². The van der Waals surface area contributed by atoms with Gasteiger partial charge in [0.05, 0.1) is 12.2 Å². The van der Waals surface area contributed by atoms with Gasteiger partial charge in [-0.05, 0) is 37.1 Å². The van der Waals surface area contributed by atoms with E-state index < -0.39 is 11.7 Å². The quantitative estimate of drug-likeness (QED) is 0.513. The number of hydrogen-bond donors (Lipinski definition) is 0. The summed E-state index contributed by atoms with van der Waals surface area (Å²) in [7, 11) is 0. The van der Waals surface area contributed by atoms with Gasteiger partial charge in [-0.15, -0.1) is 0 Å². The Labute approximate surface area is 186 Å². The maximum absolute atomic E-state index is 13.1. The molecule has 0 bridgehead atoms. The molecule has 2 unspecified atom stereocenters. The molecular weight excluding hydrogens is 423 g/mol. The molecule has 0 saturated carbocycles. The van der Waals surface area contributed by atoms with Crippen LogP contribution >= 0.6 is 0 Å². The summed E-state index contributed by atoms with van der Waals surface area (Å²) >= 11 is 0. The number of hydrogen-bond acceptors (Lipinski definition) is 4. The van der Waals surface area contributed by atoms with Gasteiger partial charge >= 0.3 is 12.3 Å². The standard InChI is InChI=1S/C24H28F3NO4/c1-3-13-30-22-15-19(24(25,26)27)9-10-21(22)32-20-11-12-28(17(2)14-20)23(29)31-16-18-7-5-4-6-8-18/h4-10,15,17,20H,3,11-14,16H2,1-2H3. The van der Waals surface area contributed by atoms with E-state index in [-0.39, 0.29) is 36.3 Å². The van der Waals surface area contributed by atoms with Gasteiger partial charge in [-0.25, -0.2) is 4.79 Å². The van der Waals surface area contributed by atoms with Gasteiger partial charge in [0.1, 0.15) is 12.7 Å². The summed E-state index contributed by atoms with van der Waals surface area (Å²) in [4.78, 5) is 14.1. The largest absolute Gasteiger partial charge is 0.490 e. The van der Waals surface area contributed by atoms with Crippen molar-refractivity contribution >= 4 is 6.09 Å². The molecule has 0 aromatic heterocycles. The first-order valence-corrected chi connectivity index (χ1v) is 10.8. The van der Waals surface area contributed by atoms with Crippen LogP contribution in [0.1, 0.15) is 44.2 Å². The molecule has 8 heteroatoms. The van der Waals surface area contributed by atoms with Crippen LogP contribution in [0.3, 0.4) is 0 Å². The van der Waals surface area contributed by atoms with Crippen LogP contribution in [-0.4, -0.2) is 36.3 Å². The molecule has 0 radical (unpaired) electrons. The molecule has 0 spiro atoms. The topological polar surface area (TPSA) is 48.0 Å². The second kappa shape index (κ2) is 10.6. The number of rotatable bonds is 7. The summed E-state index contributed by atoms with van der Waals surface area (Å²) < 4.78 is 56.2. The SMILES string of the molecule is CCCOc1cc(C(F)(F)F)ccc1OC1CCN(C(=O)OCc2ccccc2)C(C)C1. The van der Waals surface area contributed by atoms with Crippen LogP contribution in [0.25, 0.3) is 0 Å². The number of carbonyl (C=O) groups excluding carboxylic acids is 1. The smallest absolute Gasteiger partial charge is 0.416 e. The van der Waals surface area contributed by atoms with Crippen LogP contribution in [0, 0.1) is 0 Å². The lowest BCUT2D eigenvalue weighted by molar-refractivity contribution is -0.137. The maximum atomic E-state index is 13.1. The fourth-order valence-electron chi connectivity index (χ4n) is 3.60.